The van der Waals surface area contributed by atoms with Gasteiger partial charge in [0.25, 0.3) is 0 Å². The van der Waals surface area contributed by atoms with Gasteiger partial charge in [0, 0.05) is 50.5 Å². The minimum Gasteiger partial charge on any atom is -0.512 e. The van der Waals surface area contributed by atoms with Crippen LogP contribution in [0.15, 0.2) is 85.0 Å². The Labute approximate surface area is 247 Å². The number of nitrogens with zero attached hydrogens (tertiary/aromatic N) is 2. The molecule has 2 aliphatic heterocycles. The molecule has 199 valence electrons. The minimum absolute atomic E-state index is 0. The van der Waals surface area contributed by atoms with Gasteiger partial charge in [0.15, 0.2) is 12.5 Å². The van der Waals surface area contributed by atoms with Gasteiger partial charge < -0.3 is 10.1 Å². The average molecular weight is 724 g/mol. The molecule has 0 fully saturated rings. The Bertz CT molecular complexity index is 1500. The molecular formula is C31H32BIrN2O2Si2-. The van der Waals surface area contributed by atoms with Crippen molar-refractivity contribution in [3.05, 3.63) is 91.1 Å². The van der Waals surface area contributed by atoms with E-state index < -0.39 is 16.1 Å². The molecule has 1 aromatic heterocycles. The van der Waals surface area contributed by atoms with Gasteiger partial charge in [0.05, 0.1) is 21.9 Å². The van der Waals surface area contributed by atoms with Gasteiger partial charge in [-0.05, 0) is 13.8 Å². The van der Waals surface area contributed by atoms with Crippen LogP contribution in [-0.2, 0) is 24.9 Å². The summed E-state index contributed by atoms with van der Waals surface area (Å²) in [5.74, 6) is -0.0625. The Morgan fingerprint density at radius 1 is 0.897 bits per heavy atom. The van der Waals surface area contributed by atoms with Gasteiger partial charge in [-0.15, -0.1) is 33.5 Å². The smallest absolute Gasteiger partial charge is 0.190 e. The molecule has 4 nitrogen and oxygen atoms in total. The molecule has 3 aromatic carbocycles. The molecule has 8 heteroatoms. The second-order valence-corrected chi connectivity index (χ2v) is 19.8. The monoisotopic (exact) mass is 724 g/mol. The molecule has 3 heterocycles. The summed E-state index contributed by atoms with van der Waals surface area (Å²) in [6.45, 7) is 13.2. The van der Waals surface area contributed by atoms with E-state index in [0.717, 1.165) is 11.3 Å². The standard InChI is InChI=1S/C26H24BN2Si2.C5H8O2.Ir/c1-30(2)22-11-7-5-9-19(22)27-20-10-6-8-12-23(20)31(3,4)25-16-18(15-24(30)26(25)27)21-17-28-13-14-29-21;1-4(6)3-5(2)7;/h5-15,17H,1-4H3;3,6H,1-2H3;/q-1;;/b;4-3-;. The van der Waals surface area contributed by atoms with Crippen molar-refractivity contribution in [2.24, 2.45) is 0 Å². The number of aliphatic hydroxyl groups is 1. The van der Waals surface area contributed by atoms with Gasteiger partial charge >= 0.3 is 0 Å². The maximum atomic E-state index is 10.0. The van der Waals surface area contributed by atoms with Gasteiger partial charge in [-0.25, -0.2) is 0 Å². The van der Waals surface area contributed by atoms with Crippen LogP contribution >= 0.6 is 0 Å². The number of allylic oxidation sites excluding steroid dienone is 2. The molecule has 0 aliphatic carbocycles. The number of aliphatic hydroxyl groups excluding tert-OH is 1. The number of benzene rings is 3. The molecule has 0 unspecified atom stereocenters. The van der Waals surface area contributed by atoms with E-state index in [9.17, 15) is 4.79 Å². The van der Waals surface area contributed by atoms with E-state index >= 15 is 0 Å². The summed E-state index contributed by atoms with van der Waals surface area (Å²) in [7, 11) is -3.80. The predicted molar refractivity (Wildman–Crippen MR) is 164 cm³/mol. The molecule has 0 saturated carbocycles. The first kappa shape index (κ1) is 29.1. The van der Waals surface area contributed by atoms with E-state index in [2.05, 4.69) is 96.8 Å². The Balaban J connectivity index is 0.000000394. The topological polar surface area (TPSA) is 63.1 Å². The molecule has 6 rings (SSSR count). The molecule has 0 atom stereocenters. The molecule has 1 N–H and O–H groups in total. The van der Waals surface area contributed by atoms with Gasteiger partial charge in [0.1, 0.15) is 0 Å². The Kier molecular flexibility index (Phi) is 8.15. The maximum Gasteiger partial charge on any atom is 0.190 e. The zero-order valence-corrected chi connectivity index (χ0v) is 27.6. The number of ketones is 1. The fourth-order valence-electron chi connectivity index (χ4n) is 6.17. The average Bonchev–Trinajstić information content (AvgIpc) is 2.88. The van der Waals surface area contributed by atoms with E-state index in [1.165, 1.54) is 36.0 Å². The number of fused-ring (bicyclic) bond motifs is 4. The fraction of sp³-hybridized carbons (Fsp3) is 0.194. The maximum absolute atomic E-state index is 10.0. The minimum atomic E-state index is -1.92. The number of carbonyl (C=O) groups is 1. The van der Waals surface area contributed by atoms with Crippen molar-refractivity contribution in [2.45, 2.75) is 40.0 Å². The Morgan fingerprint density at radius 3 is 2.00 bits per heavy atom. The van der Waals surface area contributed by atoms with E-state index in [0.29, 0.717) is 6.71 Å². The number of hydrogen-bond donors (Lipinski definition) is 1. The van der Waals surface area contributed by atoms with E-state index in [-0.39, 0.29) is 31.6 Å². The summed E-state index contributed by atoms with van der Waals surface area (Å²) >= 11 is 0. The predicted octanol–water partition coefficient (Wildman–Crippen LogP) is 1.77. The molecule has 0 spiro atoms. The second kappa shape index (κ2) is 10.9. The molecule has 1 radical (unpaired) electrons. The van der Waals surface area contributed by atoms with Gasteiger partial charge in [-0.3, -0.25) is 9.78 Å². The normalized spacial score (nSPS) is 15.4. The van der Waals surface area contributed by atoms with Crippen LogP contribution in [0.2, 0.25) is 26.2 Å². The van der Waals surface area contributed by atoms with Crippen molar-refractivity contribution in [3.63, 3.8) is 0 Å². The quantitative estimate of drug-likeness (QED) is 0.148. The Morgan fingerprint density at radius 2 is 1.49 bits per heavy atom. The summed E-state index contributed by atoms with van der Waals surface area (Å²) in [5, 5.41) is 14.5. The van der Waals surface area contributed by atoms with Crippen LogP contribution in [0.5, 0.6) is 0 Å². The molecule has 0 bridgehead atoms. The van der Waals surface area contributed by atoms with Crippen LogP contribution in [0.25, 0.3) is 11.3 Å². The Hall–Kier alpha value is -2.90. The van der Waals surface area contributed by atoms with Crippen molar-refractivity contribution in [1.82, 2.24) is 9.97 Å². The van der Waals surface area contributed by atoms with Crippen LogP contribution < -0.4 is 37.1 Å². The summed E-state index contributed by atoms with van der Waals surface area (Å²) in [5.41, 5.74) is 6.58. The van der Waals surface area contributed by atoms with Crippen molar-refractivity contribution in [1.29, 1.82) is 0 Å². The van der Waals surface area contributed by atoms with Crippen LogP contribution in [0.4, 0.5) is 0 Å². The molecule has 2 aliphatic rings. The first-order chi connectivity index (χ1) is 18.0. The summed E-state index contributed by atoms with van der Waals surface area (Å²) < 4.78 is 0. The SMILES string of the molecule is CC(=O)/C=C(/C)O.C[Si]1(C)c2[c-]c(-c3cnccn3)cc3c2B(c2ccccc21)c1ccccc1[Si]3(C)C.[Ir]. The van der Waals surface area contributed by atoms with E-state index in [4.69, 9.17) is 5.11 Å². The van der Waals surface area contributed by atoms with Crippen molar-refractivity contribution in [2.75, 3.05) is 0 Å². The second-order valence-electron chi connectivity index (χ2n) is 11.2. The van der Waals surface area contributed by atoms with Crippen LogP contribution in [0.3, 0.4) is 0 Å². The van der Waals surface area contributed by atoms with Crippen molar-refractivity contribution < 1.29 is 30.0 Å². The first-order valence-electron chi connectivity index (χ1n) is 13.0. The van der Waals surface area contributed by atoms with E-state index in [1.807, 2.05) is 6.20 Å². The zero-order valence-electron chi connectivity index (χ0n) is 23.2. The molecule has 4 aromatic rings. The molecule has 0 saturated heterocycles. The molecular weight excluding hydrogens is 692 g/mol. The van der Waals surface area contributed by atoms with Crippen LogP contribution in [0, 0.1) is 6.07 Å². The summed E-state index contributed by atoms with van der Waals surface area (Å²) in [6, 6.07) is 24.6. The molecule has 39 heavy (non-hydrogen) atoms. The van der Waals surface area contributed by atoms with Crippen LogP contribution in [-0.4, -0.2) is 43.7 Å². The van der Waals surface area contributed by atoms with Gasteiger partial charge in [-0.1, -0.05) is 96.0 Å². The first-order valence-corrected chi connectivity index (χ1v) is 19.0. The number of aromatic nitrogens is 2. The van der Waals surface area contributed by atoms with Gasteiger partial charge in [0.2, 0.25) is 0 Å². The number of hydrogen-bond acceptors (Lipinski definition) is 4. The third kappa shape index (κ3) is 5.07. The third-order valence-electron chi connectivity index (χ3n) is 7.84. The van der Waals surface area contributed by atoms with Gasteiger partial charge in [-0.2, -0.15) is 0 Å². The number of rotatable bonds is 2. The third-order valence-corrected chi connectivity index (χ3v) is 14.8. The fourth-order valence-corrected chi connectivity index (χ4v) is 12.6. The van der Waals surface area contributed by atoms with Crippen molar-refractivity contribution in [3.8, 4) is 11.3 Å². The molecule has 0 amide bonds. The van der Waals surface area contributed by atoms with Crippen LogP contribution in [0.1, 0.15) is 13.8 Å². The summed E-state index contributed by atoms with van der Waals surface area (Å²) in [6.07, 6.45) is 6.57. The van der Waals surface area contributed by atoms with Crippen molar-refractivity contribution >= 4 is 65.8 Å². The largest absolute Gasteiger partial charge is 0.512 e. The zero-order chi connectivity index (χ0) is 27.2. The summed E-state index contributed by atoms with van der Waals surface area (Å²) in [4.78, 5) is 19.0. The van der Waals surface area contributed by atoms with E-state index in [1.54, 1.807) is 33.4 Å². The number of carbonyl (C=O) groups excluding carboxylic acids is 1.